The van der Waals surface area contributed by atoms with E-state index in [0.717, 1.165) is 17.8 Å². The summed E-state index contributed by atoms with van der Waals surface area (Å²) in [6.45, 7) is 1.75. The highest BCUT2D eigenvalue weighted by atomic mass is 16.7. The quantitative estimate of drug-likeness (QED) is 0.527. The van der Waals surface area contributed by atoms with Crippen molar-refractivity contribution < 1.29 is 14.2 Å². The molecule has 17 heavy (non-hydrogen) atoms. The molecule has 98 valence electrons. The number of hydrogen-bond donors (Lipinski definition) is 0. The van der Waals surface area contributed by atoms with Crippen LogP contribution in [0.4, 0.5) is 0 Å². The van der Waals surface area contributed by atoms with E-state index in [2.05, 4.69) is 0 Å². The second-order valence-corrected chi connectivity index (χ2v) is 6.26. The molecule has 0 aromatic rings. The van der Waals surface area contributed by atoms with E-state index in [4.69, 9.17) is 14.2 Å². The Morgan fingerprint density at radius 2 is 1.53 bits per heavy atom. The molecule has 0 radical (unpaired) electrons. The van der Waals surface area contributed by atoms with Crippen LogP contribution in [0, 0.1) is 17.8 Å². The molecule has 0 spiro atoms. The average Bonchev–Trinajstić information content (AvgIpc) is 2.26. The molecule has 4 aliphatic carbocycles. The molecule has 4 aliphatic rings. The zero-order valence-corrected chi connectivity index (χ0v) is 10.8. The van der Waals surface area contributed by atoms with Gasteiger partial charge in [0.05, 0.1) is 18.8 Å². The molecule has 0 aromatic heterocycles. The van der Waals surface area contributed by atoms with Crippen LogP contribution in [-0.4, -0.2) is 32.7 Å². The second kappa shape index (κ2) is 4.87. The fourth-order valence-electron chi connectivity index (χ4n) is 4.58. The van der Waals surface area contributed by atoms with Crippen LogP contribution >= 0.6 is 0 Å². The van der Waals surface area contributed by atoms with E-state index in [1.165, 1.54) is 38.5 Å². The smallest absolute Gasteiger partial charge is 0.147 e. The fourth-order valence-corrected chi connectivity index (χ4v) is 4.58. The Morgan fingerprint density at radius 1 is 0.941 bits per heavy atom. The molecule has 3 nitrogen and oxygen atoms in total. The van der Waals surface area contributed by atoms with Gasteiger partial charge in [0.1, 0.15) is 6.79 Å². The van der Waals surface area contributed by atoms with Crippen molar-refractivity contribution in [2.24, 2.45) is 17.8 Å². The predicted octanol–water partition coefficient (Wildman–Crippen LogP) is 2.59. The largest absolute Gasteiger partial charge is 0.382 e. The van der Waals surface area contributed by atoms with Crippen molar-refractivity contribution in [3.05, 3.63) is 0 Å². The first kappa shape index (κ1) is 11.9. The second-order valence-electron chi connectivity index (χ2n) is 6.26. The molecule has 4 fully saturated rings. The van der Waals surface area contributed by atoms with E-state index in [1.807, 2.05) is 0 Å². The fraction of sp³-hybridized carbons (Fsp3) is 1.00. The van der Waals surface area contributed by atoms with Crippen molar-refractivity contribution in [3.8, 4) is 0 Å². The van der Waals surface area contributed by atoms with Gasteiger partial charge in [0, 0.05) is 7.11 Å². The van der Waals surface area contributed by atoms with Crippen molar-refractivity contribution in [2.75, 3.05) is 27.1 Å². The number of ether oxygens (including phenoxy) is 3. The SMILES string of the molecule is COCCOCOC12CC3CC(CC(C3)C1)C2. The lowest BCUT2D eigenvalue weighted by Crippen LogP contribution is -2.52. The van der Waals surface area contributed by atoms with E-state index >= 15 is 0 Å². The lowest BCUT2D eigenvalue weighted by Gasteiger charge is -2.56. The van der Waals surface area contributed by atoms with Gasteiger partial charge >= 0.3 is 0 Å². The topological polar surface area (TPSA) is 27.7 Å². The molecule has 3 heteroatoms. The summed E-state index contributed by atoms with van der Waals surface area (Å²) in [4.78, 5) is 0. The molecule has 0 aliphatic heterocycles. The Hall–Kier alpha value is -0.120. The summed E-state index contributed by atoms with van der Waals surface area (Å²) in [6.07, 6.45) is 8.25. The first-order valence-corrected chi connectivity index (χ1v) is 7.00. The maximum Gasteiger partial charge on any atom is 0.147 e. The normalized spacial score (nSPS) is 43.2. The summed E-state index contributed by atoms with van der Waals surface area (Å²) < 4.78 is 16.5. The first-order valence-electron chi connectivity index (χ1n) is 7.00. The predicted molar refractivity (Wildman–Crippen MR) is 64.7 cm³/mol. The van der Waals surface area contributed by atoms with Gasteiger partial charge in [0.15, 0.2) is 0 Å². The Morgan fingerprint density at radius 3 is 2.06 bits per heavy atom. The van der Waals surface area contributed by atoms with Crippen molar-refractivity contribution in [2.45, 2.75) is 44.1 Å². The monoisotopic (exact) mass is 240 g/mol. The van der Waals surface area contributed by atoms with E-state index in [9.17, 15) is 0 Å². The molecule has 0 saturated heterocycles. The zero-order chi connectivity index (χ0) is 11.7. The van der Waals surface area contributed by atoms with Crippen LogP contribution in [0.5, 0.6) is 0 Å². The van der Waals surface area contributed by atoms with Crippen molar-refractivity contribution in [1.82, 2.24) is 0 Å². The van der Waals surface area contributed by atoms with Gasteiger partial charge in [-0.25, -0.2) is 0 Å². The minimum Gasteiger partial charge on any atom is -0.382 e. The number of rotatable bonds is 6. The van der Waals surface area contributed by atoms with Gasteiger partial charge in [-0.1, -0.05) is 0 Å². The third kappa shape index (κ3) is 2.51. The van der Waals surface area contributed by atoms with Gasteiger partial charge in [-0.3, -0.25) is 0 Å². The minimum atomic E-state index is 0.182. The maximum absolute atomic E-state index is 6.11. The lowest BCUT2D eigenvalue weighted by molar-refractivity contribution is -0.210. The molecule has 0 unspecified atom stereocenters. The van der Waals surface area contributed by atoms with Crippen LogP contribution in [0.1, 0.15) is 38.5 Å². The summed E-state index contributed by atoms with van der Waals surface area (Å²) in [5, 5.41) is 0. The molecule has 4 bridgehead atoms. The van der Waals surface area contributed by atoms with Crippen LogP contribution in [0.2, 0.25) is 0 Å². The highest BCUT2D eigenvalue weighted by Gasteiger charge is 2.51. The third-order valence-corrected chi connectivity index (χ3v) is 4.86. The summed E-state index contributed by atoms with van der Waals surface area (Å²) in [6, 6.07) is 0. The average molecular weight is 240 g/mol. The van der Waals surface area contributed by atoms with Crippen molar-refractivity contribution >= 4 is 0 Å². The Kier molecular flexibility index (Phi) is 3.42. The first-order chi connectivity index (χ1) is 8.30. The van der Waals surface area contributed by atoms with Gasteiger partial charge < -0.3 is 14.2 Å². The maximum atomic E-state index is 6.11. The standard InChI is InChI=1S/C14H24O3/c1-15-2-3-16-10-17-14-7-11-4-12(8-14)6-13(5-11)9-14/h11-13H,2-10H2,1H3. The molecular weight excluding hydrogens is 216 g/mol. The third-order valence-electron chi connectivity index (χ3n) is 4.86. The molecule has 0 heterocycles. The van der Waals surface area contributed by atoms with Crippen LogP contribution < -0.4 is 0 Å². The lowest BCUT2D eigenvalue weighted by atomic mass is 9.54. The molecule has 0 amide bonds. The molecule has 0 atom stereocenters. The van der Waals surface area contributed by atoms with Gasteiger partial charge in [-0.05, 0) is 56.3 Å². The van der Waals surface area contributed by atoms with E-state index < -0.39 is 0 Å². The van der Waals surface area contributed by atoms with Gasteiger partial charge in [-0.15, -0.1) is 0 Å². The van der Waals surface area contributed by atoms with Gasteiger partial charge in [-0.2, -0.15) is 0 Å². The number of methoxy groups -OCH3 is 1. The van der Waals surface area contributed by atoms with Crippen LogP contribution in [0.3, 0.4) is 0 Å². The van der Waals surface area contributed by atoms with Gasteiger partial charge in [0.25, 0.3) is 0 Å². The zero-order valence-electron chi connectivity index (χ0n) is 10.8. The Bertz CT molecular complexity index is 229. The van der Waals surface area contributed by atoms with Crippen LogP contribution in [0.15, 0.2) is 0 Å². The van der Waals surface area contributed by atoms with Crippen LogP contribution in [-0.2, 0) is 14.2 Å². The number of hydrogen-bond acceptors (Lipinski definition) is 3. The Labute approximate surface area is 104 Å². The van der Waals surface area contributed by atoms with Crippen molar-refractivity contribution in [1.29, 1.82) is 0 Å². The summed E-state index contributed by atoms with van der Waals surface area (Å²) >= 11 is 0. The van der Waals surface area contributed by atoms with E-state index in [-0.39, 0.29) is 5.60 Å². The molecule has 4 rings (SSSR count). The Balaban J connectivity index is 1.49. The summed E-state index contributed by atoms with van der Waals surface area (Å²) in [5.74, 6) is 2.83. The van der Waals surface area contributed by atoms with E-state index in [0.29, 0.717) is 20.0 Å². The molecule has 4 saturated carbocycles. The molecule has 0 N–H and O–H groups in total. The van der Waals surface area contributed by atoms with E-state index in [1.54, 1.807) is 7.11 Å². The summed E-state index contributed by atoms with van der Waals surface area (Å²) in [5.41, 5.74) is 0.182. The molecular formula is C14H24O3. The van der Waals surface area contributed by atoms with Gasteiger partial charge in [0.2, 0.25) is 0 Å². The minimum absolute atomic E-state index is 0.182. The highest BCUT2D eigenvalue weighted by Crippen LogP contribution is 2.57. The molecule has 0 aromatic carbocycles. The van der Waals surface area contributed by atoms with Crippen LogP contribution in [0.25, 0.3) is 0 Å². The van der Waals surface area contributed by atoms with Crippen molar-refractivity contribution in [3.63, 3.8) is 0 Å². The highest BCUT2D eigenvalue weighted by molar-refractivity contribution is 5.02. The summed E-state index contributed by atoms with van der Waals surface area (Å²) in [7, 11) is 1.70.